The molecule has 0 unspecified atom stereocenters. The number of benzene rings is 1. The number of carbonyl (C=O) groups excluding carboxylic acids is 2. The highest BCUT2D eigenvalue weighted by Gasteiger charge is 2.31. The van der Waals surface area contributed by atoms with Gasteiger partial charge in [-0.1, -0.05) is 0 Å². The Morgan fingerprint density at radius 2 is 1.96 bits per heavy atom. The van der Waals surface area contributed by atoms with Crippen LogP contribution in [-0.4, -0.2) is 53.5 Å². The number of likely N-dealkylation sites (tertiary alicyclic amines) is 1. The quantitative estimate of drug-likeness (QED) is 0.817. The van der Waals surface area contributed by atoms with Gasteiger partial charge in [-0.15, -0.1) is 0 Å². The summed E-state index contributed by atoms with van der Waals surface area (Å²) in [6.07, 6.45) is 2.02. The van der Waals surface area contributed by atoms with Crippen molar-refractivity contribution in [2.45, 2.75) is 32.2 Å². The molecule has 7 heteroatoms. The molecule has 1 aliphatic heterocycles. The van der Waals surface area contributed by atoms with Gasteiger partial charge in [-0.25, -0.2) is 4.79 Å². The summed E-state index contributed by atoms with van der Waals surface area (Å²) >= 11 is 0. The number of aliphatic carboxylic acids is 1. The molecule has 2 N–H and O–H groups in total. The van der Waals surface area contributed by atoms with Gasteiger partial charge in [-0.05, 0) is 50.5 Å². The molecule has 1 heterocycles. The molecule has 1 atom stereocenters. The van der Waals surface area contributed by atoms with E-state index in [0.29, 0.717) is 30.9 Å². The molecule has 7 nitrogen and oxygen atoms in total. The average molecular weight is 334 g/mol. The SMILES string of the molecule is CCOc1ccc(C(=O)NCC(=O)N2CCCC[C@@H]2C(=O)O)cc1. The number of nitrogens with zero attached hydrogens (tertiary/aromatic N) is 1. The number of carboxylic acid groups (broad SMARTS) is 1. The van der Waals surface area contributed by atoms with Crippen molar-refractivity contribution in [3.63, 3.8) is 0 Å². The topological polar surface area (TPSA) is 95.9 Å². The Morgan fingerprint density at radius 3 is 2.58 bits per heavy atom. The maximum absolute atomic E-state index is 12.2. The third-order valence-electron chi connectivity index (χ3n) is 3.94. The third-order valence-corrected chi connectivity index (χ3v) is 3.94. The maximum atomic E-state index is 12.2. The first-order chi connectivity index (χ1) is 11.5. The number of carbonyl (C=O) groups is 3. The molecule has 2 rings (SSSR count). The first kappa shape index (κ1) is 17.8. The van der Waals surface area contributed by atoms with Gasteiger partial charge in [0.25, 0.3) is 5.91 Å². The second-order valence-electron chi connectivity index (χ2n) is 5.58. The van der Waals surface area contributed by atoms with E-state index in [1.165, 1.54) is 4.90 Å². The average Bonchev–Trinajstić information content (AvgIpc) is 2.60. The van der Waals surface area contributed by atoms with Crippen LogP contribution in [0.1, 0.15) is 36.5 Å². The first-order valence-electron chi connectivity index (χ1n) is 8.06. The molecule has 1 aliphatic rings. The normalized spacial score (nSPS) is 17.2. The van der Waals surface area contributed by atoms with E-state index in [2.05, 4.69) is 5.32 Å². The first-order valence-corrected chi connectivity index (χ1v) is 8.06. The molecule has 0 aromatic heterocycles. The molecule has 2 amide bonds. The fourth-order valence-electron chi connectivity index (χ4n) is 2.72. The summed E-state index contributed by atoms with van der Waals surface area (Å²) < 4.78 is 5.30. The Bertz CT molecular complexity index is 600. The molecule has 0 aliphatic carbocycles. The molecule has 1 saturated heterocycles. The van der Waals surface area contributed by atoms with Gasteiger partial charge in [0.05, 0.1) is 13.2 Å². The van der Waals surface area contributed by atoms with E-state index >= 15 is 0 Å². The second-order valence-corrected chi connectivity index (χ2v) is 5.58. The van der Waals surface area contributed by atoms with Crippen molar-refractivity contribution in [3.8, 4) is 5.75 Å². The van der Waals surface area contributed by atoms with Gasteiger partial charge in [-0.2, -0.15) is 0 Å². The molecule has 130 valence electrons. The predicted octanol–water partition coefficient (Wildman–Crippen LogP) is 1.28. The fraction of sp³-hybridized carbons (Fsp3) is 0.471. The van der Waals surface area contributed by atoms with E-state index in [4.69, 9.17) is 4.74 Å². The van der Waals surface area contributed by atoms with Crippen LogP contribution in [0.3, 0.4) is 0 Å². The number of carboxylic acids is 1. The Hall–Kier alpha value is -2.57. The molecule has 0 saturated carbocycles. The Morgan fingerprint density at radius 1 is 1.25 bits per heavy atom. The highest BCUT2D eigenvalue weighted by molar-refractivity contribution is 5.97. The Balaban J connectivity index is 1.90. The Labute approximate surface area is 140 Å². The predicted molar refractivity (Wildman–Crippen MR) is 86.9 cm³/mol. The summed E-state index contributed by atoms with van der Waals surface area (Å²) in [6, 6.07) is 5.81. The summed E-state index contributed by atoms with van der Waals surface area (Å²) in [5, 5.41) is 11.7. The molecule has 1 aromatic carbocycles. The van der Waals surface area contributed by atoms with Crippen LogP contribution in [0, 0.1) is 0 Å². The fourth-order valence-corrected chi connectivity index (χ4v) is 2.72. The van der Waals surface area contributed by atoms with Crippen molar-refractivity contribution >= 4 is 17.8 Å². The lowest BCUT2D eigenvalue weighted by atomic mass is 10.0. The van der Waals surface area contributed by atoms with E-state index < -0.39 is 12.0 Å². The van der Waals surface area contributed by atoms with Crippen LogP contribution in [0.4, 0.5) is 0 Å². The van der Waals surface area contributed by atoms with Crippen LogP contribution in [0.15, 0.2) is 24.3 Å². The zero-order chi connectivity index (χ0) is 17.5. The minimum atomic E-state index is -0.999. The molecular formula is C17H22N2O5. The van der Waals surface area contributed by atoms with Crippen LogP contribution >= 0.6 is 0 Å². The lowest BCUT2D eigenvalue weighted by Gasteiger charge is -2.33. The van der Waals surface area contributed by atoms with E-state index in [-0.39, 0.29) is 18.4 Å². The van der Waals surface area contributed by atoms with Crippen LogP contribution in [0.2, 0.25) is 0 Å². The van der Waals surface area contributed by atoms with Gasteiger partial charge in [0, 0.05) is 12.1 Å². The van der Waals surface area contributed by atoms with Crippen LogP contribution < -0.4 is 10.1 Å². The van der Waals surface area contributed by atoms with Gasteiger partial charge in [0.1, 0.15) is 11.8 Å². The zero-order valence-electron chi connectivity index (χ0n) is 13.7. The van der Waals surface area contributed by atoms with Gasteiger partial charge in [0.2, 0.25) is 5.91 Å². The summed E-state index contributed by atoms with van der Waals surface area (Å²) in [4.78, 5) is 36.9. The number of amides is 2. The molecule has 0 radical (unpaired) electrons. The lowest BCUT2D eigenvalue weighted by molar-refractivity contribution is -0.151. The monoisotopic (exact) mass is 334 g/mol. The zero-order valence-corrected chi connectivity index (χ0v) is 13.7. The number of nitrogens with one attached hydrogen (secondary N) is 1. The summed E-state index contributed by atoms with van der Waals surface area (Å²) in [5.41, 5.74) is 0.416. The van der Waals surface area contributed by atoms with Crippen molar-refractivity contribution in [3.05, 3.63) is 29.8 Å². The minimum Gasteiger partial charge on any atom is -0.494 e. The van der Waals surface area contributed by atoms with E-state index in [1.807, 2.05) is 6.92 Å². The molecule has 0 bridgehead atoms. The second kappa shape index (κ2) is 8.33. The van der Waals surface area contributed by atoms with E-state index in [1.54, 1.807) is 24.3 Å². The standard InChI is InChI=1S/C17H22N2O5/c1-2-24-13-8-6-12(7-9-13)16(21)18-11-15(20)19-10-4-3-5-14(19)17(22)23/h6-9,14H,2-5,10-11H2,1H3,(H,18,21)(H,22,23)/t14-/m1/s1. The number of hydrogen-bond donors (Lipinski definition) is 2. The summed E-state index contributed by atoms with van der Waals surface area (Å²) in [6.45, 7) is 2.61. The Kier molecular flexibility index (Phi) is 6.17. The lowest BCUT2D eigenvalue weighted by Crippen LogP contribution is -2.51. The number of hydrogen-bond acceptors (Lipinski definition) is 4. The van der Waals surface area contributed by atoms with Crippen LogP contribution in [-0.2, 0) is 9.59 Å². The largest absolute Gasteiger partial charge is 0.494 e. The van der Waals surface area contributed by atoms with Gasteiger partial charge < -0.3 is 20.1 Å². The highest BCUT2D eigenvalue weighted by atomic mass is 16.5. The molecular weight excluding hydrogens is 312 g/mol. The van der Waals surface area contributed by atoms with Crippen molar-refractivity contribution in [1.29, 1.82) is 0 Å². The third kappa shape index (κ3) is 4.47. The smallest absolute Gasteiger partial charge is 0.326 e. The summed E-state index contributed by atoms with van der Waals surface area (Å²) in [7, 11) is 0. The molecule has 1 aromatic rings. The van der Waals surface area contributed by atoms with Gasteiger partial charge in [0.15, 0.2) is 0 Å². The van der Waals surface area contributed by atoms with E-state index in [9.17, 15) is 19.5 Å². The van der Waals surface area contributed by atoms with Crippen molar-refractivity contribution in [2.24, 2.45) is 0 Å². The van der Waals surface area contributed by atoms with E-state index in [0.717, 1.165) is 12.8 Å². The number of piperidine rings is 1. The van der Waals surface area contributed by atoms with Crippen LogP contribution in [0.5, 0.6) is 5.75 Å². The van der Waals surface area contributed by atoms with Crippen molar-refractivity contribution in [1.82, 2.24) is 10.2 Å². The summed E-state index contributed by atoms with van der Waals surface area (Å²) in [5.74, 6) is -1.08. The maximum Gasteiger partial charge on any atom is 0.326 e. The van der Waals surface area contributed by atoms with Crippen molar-refractivity contribution in [2.75, 3.05) is 19.7 Å². The highest BCUT2D eigenvalue weighted by Crippen LogP contribution is 2.17. The molecule has 1 fully saturated rings. The van der Waals surface area contributed by atoms with Gasteiger partial charge >= 0.3 is 5.97 Å². The minimum absolute atomic E-state index is 0.212. The van der Waals surface area contributed by atoms with Crippen LogP contribution in [0.25, 0.3) is 0 Å². The molecule has 0 spiro atoms. The van der Waals surface area contributed by atoms with Gasteiger partial charge in [-0.3, -0.25) is 9.59 Å². The number of ether oxygens (including phenoxy) is 1. The number of rotatable bonds is 6. The molecule has 24 heavy (non-hydrogen) atoms. The van der Waals surface area contributed by atoms with Crippen molar-refractivity contribution < 1.29 is 24.2 Å².